The van der Waals surface area contributed by atoms with Crippen molar-refractivity contribution in [1.29, 1.82) is 0 Å². The van der Waals surface area contributed by atoms with Crippen LogP contribution in [0.4, 0.5) is 0 Å². The summed E-state index contributed by atoms with van der Waals surface area (Å²) in [4.78, 5) is 5.64. The maximum absolute atomic E-state index is 5.50. The molecule has 1 aromatic carbocycles. The summed E-state index contributed by atoms with van der Waals surface area (Å²) in [7, 11) is 0. The van der Waals surface area contributed by atoms with Gasteiger partial charge in [-0.3, -0.25) is 0 Å². The number of aromatic nitrogens is 1. The number of hydrogen-bond donors (Lipinski definition) is 1. The first-order valence-electron chi connectivity index (χ1n) is 5.16. The predicted molar refractivity (Wildman–Crippen MR) is 71.8 cm³/mol. The van der Waals surface area contributed by atoms with Gasteiger partial charge in [-0.1, -0.05) is 28.1 Å². The van der Waals surface area contributed by atoms with Crippen LogP contribution in [0.5, 0.6) is 0 Å². The summed E-state index contributed by atoms with van der Waals surface area (Å²) in [6, 6.07) is 8.37. The molecule has 0 saturated heterocycles. The van der Waals surface area contributed by atoms with Gasteiger partial charge in [-0.2, -0.15) is 0 Å². The average Bonchev–Trinajstić information content (AvgIpc) is 2.66. The van der Waals surface area contributed by atoms with Crippen molar-refractivity contribution < 1.29 is 0 Å². The van der Waals surface area contributed by atoms with Crippen molar-refractivity contribution in [1.82, 2.24) is 4.98 Å². The molecule has 0 spiro atoms. The van der Waals surface area contributed by atoms with Gasteiger partial charge in [-0.25, -0.2) is 4.98 Å². The largest absolute Gasteiger partial charge is 0.330 e. The SMILES string of the molecule is NCCc1ncc(Cc2cccc(Br)c2)s1. The van der Waals surface area contributed by atoms with Crippen LogP contribution in [-0.4, -0.2) is 11.5 Å². The van der Waals surface area contributed by atoms with Crippen LogP contribution < -0.4 is 5.73 Å². The van der Waals surface area contributed by atoms with Crippen molar-refractivity contribution in [3.63, 3.8) is 0 Å². The van der Waals surface area contributed by atoms with E-state index in [-0.39, 0.29) is 0 Å². The number of nitrogens with two attached hydrogens (primary N) is 1. The van der Waals surface area contributed by atoms with Crippen molar-refractivity contribution in [2.24, 2.45) is 5.73 Å². The highest BCUT2D eigenvalue weighted by atomic mass is 79.9. The maximum Gasteiger partial charge on any atom is 0.0940 e. The smallest absolute Gasteiger partial charge is 0.0940 e. The van der Waals surface area contributed by atoms with Crippen LogP contribution in [0.3, 0.4) is 0 Å². The normalized spacial score (nSPS) is 10.6. The summed E-state index contributed by atoms with van der Waals surface area (Å²) >= 11 is 5.23. The minimum absolute atomic E-state index is 0.670. The molecule has 0 radical (unpaired) electrons. The third kappa shape index (κ3) is 3.14. The van der Waals surface area contributed by atoms with Crippen molar-refractivity contribution >= 4 is 27.3 Å². The monoisotopic (exact) mass is 296 g/mol. The molecule has 16 heavy (non-hydrogen) atoms. The third-order valence-electron chi connectivity index (χ3n) is 2.23. The van der Waals surface area contributed by atoms with Gasteiger partial charge in [-0.05, 0) is 24.2 Å². The zero-order valence-electron chi connectivity index (χ0n) is 8.82. The Bertz CT molecular complexity index is 468. The van der Waals surface area contributed by atoms with Crippen LogP contribution in [0.1, 0.15) is 15.4 Å². The number of benzene rings is 1. The summed E-state index contributed by atoms with van der Waals surface area (Å²) < 4.78 is 1.12. The van der Waals surface area contributed by atoms with Crippen molar-refractivity contribution in [3.8, 4) is 0 Å². The van der Waals surface area contributed by atoms with E-state index in [1.807, 2.05) is 12.3 Å². The number of rotatable bonds is 4. The molecule has 1 heterocycles. The van der Waals surface area contributed by atoms with Crippen LogP contribution in [0.2, 0.25) is 0 Å². The van der Waals surface area contributed by atoms with Crippen LogP contribution in [-0.2, 0) is 12.8 Å². The van der Waals surface area contributed by atoms with Crippen LogP contribution in [0.25, 0.3) is 0 Å². The van der Waals surface area contributed by atoms with E-state index in [0.717, 1.165) is 22.3 Å². The lowest BCUT2D eigenvalue weighted by Crippen LogP contribution is -2.01. The topological polar surface area (TPSA) is 38.9 Å². The highest BCUT2D eigenvalue weighted by Gasteiger charge is 2.02. The molecule has 0 aliphatic carbocycles. The molecule has 0 bridgehead atoms. The number of halogens is 1. The molecule has 0 aliphatic rings. The second-order valence-corrected chi connectivity index (χ2v) is 5.68. The summed E-state index contributed by atoms with van der Waals surface area (Å²) in [6.07, 6.45) is 3.78. The Morgan fingerprint density at radius 1 is 1.38 bits per heavy atom. The van der Waals surface area contributed by atoms with Gasteiger partial charge in [-0.15, -0.1) is 11.3 Å². The van der Waals surface area contributed by atoms with Gasteiger partial charge >= 0.3 is 0 Å². The Morgan fingerprint density at radius 2 is 2.25 bits per heavy atom. The van der Waals surface area contributed by atoms with E-state index >= 15 is 0 Å². The quantitative estimate of drug-likeness (QED) is 0.942. The van der Waals surface area contributed by atoms with E-state index in [0.29, 0.717) is 6.54 Å². The van der Waals surface area contributed by atoms with E-state index in [1.54, 1.807) is 11.3 Å². The Hall–Kier alpha value is -0.710. The molecular formula is C12H13BrN2S. The standard InChI is InChI=1S/C12H13BrN2S/c13-10-3-1-2-9(6-10)7-11-8-15-12(16-11)4-5-14/h1-3,6,8H,4-5,7,14H2. The molecule has 0 amide bonds. The fourth-order valence-electron chi connectivity index (χ4n) is 1.52. The van der Waals surface area contributed by atoms with Crippen LogP contribution >= 0.6 is 27.3 Å². The number of thiazole rings is 1. The van der Waals surface area contributed by atoms with Crippen molar-refractivity contribution in [2.45, 2.75) is 12.8 Å². The fraction of sp³-hybridized carbons (Fsp3) is 0.250. The van der Waals surface area contributed by atoms with Crippen LogP contribution in [0.15, 0.2) is 34.9 Å². The molecule has 0 fully saturated rings. The Morgan fingerprint density at radius 3 is 3.00 bits per heavy atom. The van der Waals surface area contributed by atoms with Gasteiger partial charge in [0.15, 0.2) is 0 Å². The highest BCUT2D eigenvalue weighted by Crippen LogP contribution is 2.19. The minimum atomic E-state index is 0.670. The molecule has 2 nitrogen and oxygen atoms in total. The first-order chi connectivity index (χ1) is 7.78. The Labute approximate surface area is 108 Å². The molecule has 0 aliphatic heterocycles. The first-order valence-corrected chi connectivity index (χ1v) is 6.77. The molecule has 2 rings (SSSR count). The van der Waals surface area contributed by atoms with E-state index in [9.17, 15) is 0 Å². The summed E-state index contributed by atoms with van der Waals surface area (Å²) in [5.41, 5.74) is 6.81. The van der Waals surface area contributed by atoms with E-state index < -0.39 is 0 Å². The number of hydrogen-bond acceptors (Lipinski definition) is 3. The van der Waals surface area contributed by atoms with Gasteiger partial charge in [0.2, 0.25) is 0 Å². The van der Waals surface area contributed by atoms with Crippen molar-refractivity contribution in [3.05, 3.63) is 50.4 Å². The third-order valence-corrected chi connectivity index (χ3v) is 3.78. The molecule has 2 aromatic rings. The van der Waals surface area contributed by atoms with Crippen molar-refractivity contribution in [2.75, 3.05) is 6.54 Å². The molecule has 2 N–H and O–H groups in total. The predicted octanol–water partition coefficient (Wildman–Crippen LogP) is 3.00. The lowest BCUT2D eigenvalue weighted by atomic mass is 10.1. The summed E-state index contributed by atoms with van der Waals surface area (Å²) in [5.74, 6) is 0. The van der Waals surface area contributed by atoms with E-state index in [1.165, 1.54) is 10.4 Å². The maximum atomic E-state index is 5.50. The van der Waals surface area contributed by atoms with Gasteiger partial charge in [0.1, 0.15) is 0 Å². The van der Waals surface area contributed by atoms with Crippen LogP contribution in [0, 0.1) is 0 Å². The molecular weight excluding hydrogens is 284 g/mol. The summed E-state index contributed by atoms with van der Waals surface area (Å²) in [5, 5.41) is 1.13. The molecule has 0 unspecified atom stereocenters. The second-order valence-electron chi connectivity index (χ2n) is 3.57. The van der Waals surface area contributed by atoms with E-state index in [4.69, 9.17) is 5.73 Å². The Balaban J connectivity index is 2.08. The van der Waals surface area contributed by atoms with Gasteiger partial charge < -0.3 is 5.73 Å². The van der Waals surface area contributed by atoms with Gasteiger partial charge in [0.05, 0.1) is 5.01 Å². The lowest BCUT2D eigenvalue weighted by molar-refractivity contribution is 0.952. The molecule has 0 atom stereocenters. The lowest BCUT2D eigenvalue weighted by Gasteiger charge is -1.98. The zero-order chi connectivity index (χ0) is 11.4. The minimum Gasteiger partial charge on any atom is -0.330 e. The zero-order valence-corrected chi connectivity index (χ0v) is 11.2. The first kappa shape index (κ1) is 11.8. The summed E-state index contributed by atoms with van der Waals surface area (Å²) in [6.45, 7) is 0.670. The second kappa shape index (κ2) is 5.57. The molecule has 1 aromatic heterocycles. The molecule has 84 valence electrons. The fourth-order valence-corrected chi connectivity index (χ4v) is 2.94. The van der Waals surface area contributed by atoms with Gasteiger partial charge in [0, 0.05) is 28.4 Å². The average molecular weight is 297 g/mol. The highest BCUT2D eigenvalue weighted by molar-refractivity contribution is 9.10. The van der Waals surface area contributed by atoms with E-state index in [2.05, 4.69) is 39.1 Å². The Kier molecular flexibility index (Phi) is 4.09. The molecule has 0 saturated carbocycles. The number of nitrogens with zero attached hydrogens (tertiary/aromatic N) is 1. The van der Waals surface area contributed by atoms with Gasteiger partial charge in [0.25, 0.3) is 0 Å². The molecule has 4 heteroatoms.